The van der Waals surface area contributed by atoms with Gasteiger partial charge in [-0.3, -0.25) is 0 Å². The second-order valence-electron chi connectivity index (χ2n) is 11.2. The van der Waals surface area contributed by atoms with Crippen LogP contribution >= 0.6 is 0 Å². The highest BCUT2D eigenvalue weighted by Gasteiger charge is 2.32. The van der Waals surface area contributed by atoms with E-state index < -0.39 is 0 Å². The fraction of sp³-hybridized carbons (Fsp3) is 0.647. The van der Waals surface area contributed by atoms with Crippen LogP contribution in [0.25, 0.3) is 11.1 Å². The quantitative estimate of drug-likeness (QED) is 0.211. The summed E-state index contributed by atoms with van der Waals surface area (Å²) < 4.78 is 22.0. The van der Waals surface area contributed by atoms with Crippen molar-refractivity contribution in [2.45, 2.75) is 130 Å². The Morgan fingerprint density at radius 2 is 1.50 bits per heavy atom. The molecule has 2 unspecified atom stereocenters. The van der Waals surface area contributed by atoms with E-state index in [0.29, 0.717) is 23.1 Å². The lowest BCUT2D eigenvalue weighted by molar-refractivity contribution is 0.0460. The predicted molar refractivity (Wildman–Crippen MR) is 153 cm³/mol. The van der Waals surface area contributed by atoms with Crippen LogP contribution in [-0.2, 0) is 6.42 Å². The minimum Gasteiger partial charge on any atom is -0.490 e. The number of hydrogen-bond acceptors (Lipinski definition) is 1. The zero-order valence-electron chi connectivity index (χ0n) is 23.4. The van der Waals surface area contributed by atoms with Crippen LogP contribution in [-0.4, -0.2) is 6.10 Å². The maximum absolute atomic E-state index is 15.3. The number of ether oxygens (including phenoxy) is 1. The number of hydrogen-bond donors (Lipinski definition) is 0. The maximum Gasteiger partial charge on any atom is 0.134 e. The van der Waals surface area contributed by atoms with Crippen molar-refractivity contribution in [3.8, 4) is 16.9 Å². The molecule has 1 nitrogen and oxygen atoms in total. The Morgan fingerprint density at radius 1 is 0.778 bits per heavy atom. The number of rotatable bonds is 16. The van der Waals surface area contributed by atoms with Crippen molar-refractivity contribution in [1.82, 2.24) is 0 Å². The second kappa shape index (κ2) is 16.1. The minimum absolute atomic E-state index is 0.178. The third-order valence-electron chi connectivity index (χ3n) is 8.21. The van der Waals surface area contributed by atoms with Gasteiger partial charge in [-0.1, -0.05) is 109 Å². The van der Waals surface area contributed by atoms with E-state index in [1.54, 1.807) is 6.07 Å². The van der Waals surface area contributed by atoms with E-state index in [0.717, 1.165) is 12.0 Å². The molecule has 2 atom stereocenters. The monoisotopic (exact) mass is 494 g/mol. The lowest BCUT2D eigenvalue weighted by atomic mass is 9.77. The molecule has 0 amide bonds. The van der Waals surface area contributed by atoms with Crippen molar-refractivity contribution in [1.29, 1.82) is 0 Å². The number of aryl methyl sites for hydroxylation is 1. The molecule has 0 aromatic heterocycles. The Kier molecular flexibility index (Phi) is 12.9. The highest BCUT2D eigenvalue weighted by atomic mass is 19.1. The van der Waals surface area contributed by atoms with E-state index in [9.17, 15) is 0 Å². The maximum atomic E-state index is 15.3. The Labute approximate surface area is 221 Å². The predicted octanol–water partition coefficient (Wildman–Crippen LogP) is 10.9. The molecule has 1 saturated carbocycles. The summed E-state index contributed by atoms with van der Waals surface area (Å²) in [6.45, 7) is 6.80. The van der Waals surface area contributed by atoms with E-state index in [-0.39, 0.29) is 11.9 Å². The molecule has 1 fully saturated rings. The SMILES string of the molecule is CCCCCCCc1ccc(-c2ccc(OC(C(CCC)CCCC)C3CCCCC3)cc2F)cc1. The lowest BCUT2D eigenvalue weighted by Crippen LogP contribution is -2.36. The summed E-state index contributed by atoms with van der Waals surface area (Å²) in [6, 6.07) is 14.0. The fourth-order valence-corrected chi connectivity index (χ4v) is 6.09. The zero-order valence-corrected chi connectivity index (χ0v) is 23.4. The first-order valence-corrected chi connectivity index (χ1v) is 15.2. The molecule has 1 aliphatic carbocycles. The van der Waals surface area contributed by atoms with Gasteiger partial charge in [0.1, 0.15) is 17.7 Å². The highest BCUT2D eigenvalue weighted by Crippen LogP contribution is 2.37. The van der Waals surface area contributed by atoms with Crippen LogP contribution in [0.5, 0.6) is 5.75 Å². The molecule has 0 bridgehead atoms. The molecule has 200 valence electrons. The van der Waals surface area contributed by atoms with Crippen LogP contribution in [0.4, 0.5) is 4.39 Å². The normalized spacial score (nSPS) is 16.1. The van der Waals surface area contributed by atoms with Gasteiger partial charge >= 0.3 is 0 Å². The van der Waals surface area contributed by atoms with Crippen LogP contribution in [0.15, 0.2) is 42.5 Å². The van der Waals surface area contributed by atoms with E-state index in [1.165, 1.54) is 102 Å². The molecule has 2 aromatic rings. The van der Waals surface area contributed by atoms with E-state index in [2.05, 4.69) is 45.0 Å². The van der Waals surface area contributed by atoms with Crippen molar-refractivity contribution >= 4 is 0 Å². The molecule has 0 aliphatic heterocycles. The van der Waals surface area contributed by atoms with Crippen molar-refractivity contribution in [2.75, 3.05) is 0 Å². The van der Waals surface area contributed by atoms with Gasteiger partial charge in [-0.05, 0) is 73.6 Å². The van der Waals surface area contributed by atoms with Gasteiger partial charge in [-0.25, -0.2) is 4.39 Å². The summed E-state index contributed by atoms with van der Waals surface area (Å²) in [7, 11) is 0. The van der Waals surface area contributed by atoms with Crippen LogP contribution in [0.3, 0.4) is 0 Å². The van der Waals surface area contributed by atoms with E-state index >= 15 is 4.39 Å². The summed E-state index contributed by atoms with van der Waals surface area (Å²) in [5, 5.41) is 0. The molecule has 0 heterocycles. The number of halogens is 1. The Balaban J connectivity index is 1.69. The molecule has 1 aliphatic rings. The lowest BCUT2D eigenvalue weighted by Gasteiger charge is -2.36. The van der Waals surface area contributed by atoms with Crippen molar-refractivity contribution in [3.05, 3.63) is 53.8 Å². The van der Waals surface area contributed by atoms with Gasteiger partial charge in [-0.2, -0.15) is 0 Å². The summed E-state index contributed by atoms with van der Waals surface area (Å²) in [5.41, 5.74) is 2.96. The van der Waals surface area contributed by atoms with E-state index in [4.69, 9.17) is 4.74 Å². The first kappa shape index (κ1) is 28.7. The van der Waals surface area contributed by atoms with E-state index in [1.807, 2.05) is 12.1 Å². The number of unbranched alkanes of at least 4 members (excludes halogenated alkanes) is 5. The molecule has 2 heteroatoms. The molecule has 0 saturated heterocycles. The van der Waals surface area contributed by atoms with Crippen LogP contribution in [0.2, 0.25) is 0 Å². The van der Waals surface area contributed by atoms with Crippen molar-refractivity contribution < 1.29 is 9.13 Å². The van der Waals surface area contributed by atoms with Gasteiger partial charge in [0.25, 0.3) is 0 Å². The summed E-state index contributed by atoms with van der Waals surface area (Å²) >= 11 is 0. The molecule has 0 spiro atoms. The van der Waals surface area contributed by atoms with Crippen LogP contribution < -0.4 is 4.74 Å². The summed E-state index contributed by atoms with van der Waals surface area (Å²) in [4.78, 5) is 0. The van der Waals surface area contributed by atoms with Crippen LogP contribution in [0, 0.1) is 17.7 Å². The molecular weight excluding hydrogens is 443 g/mol. The topological polar surface area (TPSA) is 9.23 Å². The molecule has 0 radical (unpaired) electrons. The van der Waals surface area contributed by atoms with Gasteiger partial charge in [-0.15, -0.1) is 0 Å². The van der Waals surface area contributed by atoms with Crippen molar-refractivity contribution in [2.24, 2.45) is 11.8 Å². The van der Waals surface area contributed by atoms with Gasteiger partial charge < -0.3 is 4.74 Å². The first-order chi connectivity index (χ1) is 17.7. The molecular formula is C34H51FO. The summed E-state index contributed by atoms with van der Waals surface area (Å²) in [5.74, 6) is 1.69. The average molecular weight is 495 g/mol. The smallest absolute Gasteiger partial charge is 0.134 e. The Bertz CT molecular complexity index is 852. The van der Waals surface area contributed by atoms with Crippen molar-refractivity contribution in [3.63, 3.8) is 0 Å². The van der Waals surface area contributed by atoms with Gasteiger partial charge in [0, 0.05) is 11.6 Å². The third-order valence-corrected chi connectivity index (χ3v) is 8.21. The first-order valence-electron chi connectivity index (χ1n) is 15.2. The zero-order chi connectivity index (χ0) is 25.6. The molecule has 0 N–H and O–H groups in total. The minimum atomic E-state index is -0.178. The summed E-state index contributed by atoms with van der Waals surface area (Å²) in [6.07, 6.45) is 20.3. The Hall–Kier alpha value is -1.83. The molecule has 36 heavy (non-hydrogen) atoms. The van der Waals surface area contributed by atoms with Gasteiger partial charge in [0.15, 0.2) is 0 Å². The standard InChI is InChI=1S/C34H51FO/c1-4-7-9-10-12-16-27-20-22-28(23-21-27)32-25-24-31(26-33(32)35)36-34(30-18-13-11-14-19-30)29(15-6-3)17-8-5-2/h20-26,29-30,34H,4-19H2,1-3H3. The number of benzene rings is 2. The average Bonchev–Trinajstić information content (AvgIpc) is 2.91. The third kappa shape index (κ3) is 8.93. The molecule has 2 aromatic carbocycles. The highest BCUT2D eigenvalue weighted by molar-refractivity contribution is 5.65. The molecule has 3 rings (SSSR count). The van der Waals surface area contributed by atoms with Gasteiger partial charge in [0.2, 0.25) is 0 Å². The fourth-order valence-electron chi connectivity index (χ4n) is 6.09. The largest absolute Gasteiger partial charge is 0.490 e. The van der Waals surface area contributed by atoms with Gasteiger partial charge in [0.05, 0.1) is 0 Å². The van der Waals surface area contributed by atoms with Crippen LogP contribution in [0.1, 0.15) is 123 Å². The second-order valence-corrected chi connectivity index (χ2v) is 11.2. The Morgan fingerprint density at radius 3 is 2.17 bits per heavy atom.